The lowest BCUT2D eigenvalue weighted by Crippen LogP contribution is -2.04. The van der Waals surface area contributed by atoms with E-state index in [4.69, 9.17) is 5.73 Å². The highest BCUT2D eigenvalue weighted by Gasteiger charge is 2.19. The van der Waals surface area contributed by atoms with Crippen molar-refractivity contribution in [2.75, 3.05) is 12.8 Å². The van der Waals surface area contributed by atoms with E-state index < -0.39 is 17.6 Å². The first-order valence-electron chi connectivity index (χ1n) is 4.95. The normalized spacial score (nSPS) is 10.4. The molecule has 0 saturated carbocycles. The Morgan fingerprint density at radius 2 is 2.06 bits per heavy atom. The van der Waals surface area contributed by atoms with Crippen molar-refractivity contribution < 1.29 is 18.3 Å². The number of benzene rings is 1. The zero-order valence-electron chi connectivity index (χ0n) is 9.37. The predicted octanol–water partition coefficient (Wildman–Crippen LogP) is 3.06. The van der Waals surface area contributed by atoms with Gasteiger partial charge in [-0.25, -0.2) is 13.6 Å². The Balaban J connectivity index is 2.57. The summed E-state index contributed by atoms with van der Waals surface area (Å²) in [5.41, 5.74) is 6.66. The van der Waals surface area contributed by atoms with Crippen LogP contribution < -0.4 is 5.73 Å². The van der Waals surface area contributed by atoms with Gasteiger partial charge in [-0.15, -0.1) is 11.3 Å². The number of hydrogen-bond donors (Lipinski definition) is 1. The Morgan fingerprint density at radius 1 is 1.33 bits per heavy atom. The van der Waals surface area contributed by atoms with Crippen LogP contribution in [0.15, 0.2) is 23.6 Å². The molecule has 0 fully saturated rings. The molecule has 0 aliphatic rings. The highest BCUT2D eigenvalue weighted by Crippen LogP contribution is 2.34. The highest BCUT2D eigenvalue weighted by molar-refractivity contribution is 7.14. The van der Waals surface area contributed by atoms with Crippen molar-refractivity contribution in [2.24, 2.45) is 0 Å². The number of ether oxygens (including phenoxy) is 1. The smallest absolute Gasteiger partial charge is 0.341 e. The van der Waals surface area contributed by atoms with Crippen molar-refractivity contribution >= 4 is 22.3 Å². The number of thiophene rings is 1. The SMILES string of the molecule is COC(=O)c1c(-c2ccc(F)c(F)c2)csc1N. The average Bonchev–Trinajstić information content (AvgIpc) is 2.74. The van der Waals surface area contributed by atoms with Crippen molar-refractivity contribution in [1.82, 2.24) is 0 Å². The number of nitrogens with two attached hydrogens (primary N) is 1. The number of methoxy groups -OCH3 is 1. The van der Waals surface area contributed by atoms with Gasteiger partial charge in [0, 0.05) is 10.9 Å². The molecule has 1 aromatic carbocycles. The van der Waals surface area contributed by atoms with Crippen molar-refractivity contribution in [2.45, 2.75) is 0 Å². The molecule has 0 bridgehead atoms. The number of hydrogen-bond acceptors (Lipinski definition) is 4. The maximum atomic E-state index is 13.2. The zero-order valence-corrected chi connectivity index (χ0v) is 10.2. The van der Waals surface area contributed by atoms with Crippen LogP contribution in [0.25, 0.3) is 11.1 Å². The Kier molecular flexibility index (Phi) is 3.29. The van der Waals surface area contributed by atoms with Crippen LogP contribution >= 0.6 is 11.3 Å². The molecule has 0 radical (unpaired) electrons. The van der Waals surface area contributed by atoms with Gasteiger partial charge in [-0.3, -0.25) is 0 Å². The number of carbonyl (C=O) groups excluding carboxylic acids is 1. The maximum Gasteiger partial charge on any atom is 0.341 e. The molecule has 0 spiro atoms. The minimum absolute atomic E-state index is 0.175. The molecule has 0 aliphatic carbocycles. The monoisotopic (exact) mass is 269 g/mol. The van der Waals surface area contributed by atoms with Gasteiger partial charge in [0.25, 0.3) is 0 Å². The minimum atomic E-state index is -0.979. The van der Waals surface area contributed by atoms with Gasteiger partial charge in [0.2, 0.25) is 0 Å². The molecule has 0 unspecified atom stereocenters. The van der Waals surface area contributed by atoms with Gasteiger partial charge in [-0.05, 0) is 17.7 Å². The summed E-state index contributed by atoms with van der Waals surface area (Å²) in [4.78, 5) is 11.6. The van der Waals surface area contributed by atoms with Crippen LogP contribution in [0.3, 0.4) is 0 Å². The lowest BCUT2D eigenvalue weighted by molar-refractivity contribution is 0.0603. The summed E-state index contributed by atoms with van der Waals surface area (Å²) in [5.74, 6) is -2.52. The highest BCUT2D eigenvalue weighted by atomic mass is 32.1. The van der Waals surface area contributed by atoms with E-state index in [1.54, 1.807) is 5.38 Å². The molecule has 18 heavy (non-hydrogen) atoms. The molecule has 0 aliphatic heterocycles. The van der Waals surface area contributed by atoms with Crippen molar-refractivity contribution in [3.63, 3.8) is 0 Å². The van der Waals surface area contributed by atoms with Crippen LogP contribution in [-0.4, -0.2) is 13.1 Å². The number of halogens is 2. The van der Waals surface area contributed by atoms with Gasteiger partial charge in [-0.1, -0.05) is 6.07 Å². The third-order valence-electron chi connectivity index (χ3n) is 2.44. The minimum Gasteiger partial charge on any atom is -0.465 e. The Hall–Kier alpha value is -1.95. The summed E-state index contributed by atoms with van der Waals surface area (Å²) >= 11 is 1.14. The summed E-state index contributed by atoms with van der Waals surface area (Å²) in [7, 11) is 1.23. The van der Waals surface area contributed by atoms with Gasteiger partial charge >= 0.3 is 5.97 Å². The fourth-order valence-corrected chi connectivity index (χ4v) is 2.37. The van der Waals surface area contributed by atoms with Crippen LogP contribution in [0.4, 0.5) is 13.8 Å². The second-order valence-corrected chi connectivity index (χ2v) is 4.42. The van der Waals surface area contributed by atoms with Crippen LogP contribution in [0, 0.1) is 11.6 Å². The number of nitrogen functional groups attached to an aromatic ring is 1. The summed E-state index contributed by atoms with van der Waals surface area (Å²) < 4.78 is 30.6. The van der Waals surface area contributed by atoms with Crippen molar-refractivity contribution in [1.29, 1.82) is 0 Å². The molecule has 2 aromatic rings. The Labute approximate surface area is 106 Å². The third kappa shape index (κ3) is 2.06. The second kappa shape index (κ2) is 4.73. The zero-order chi connectivity index (χ0) is 13.3. The molecular formula is C12H9F2NO2S. The van der Waals surface area contributed by atoms with E-state index in [-0.39, 0.29) is 10.6 Å². The van der Waals surface area contributed by atoms with E-state index in [2.05, 4.69) is 4.74 Å². The fourth-order valence-electron chi connectivity index (χ4n) is 1.56. The van der Waals surface area contributed by atoms with E-state index in [1.807, 2.05) is 0 Å². The van der Waals surface area contributed by atoms with E-state index >= 15 is 0 Å². The summed E-state index contributed by atoms with van der Waals surface area (Å²) in [6, 6.07) is 3.40. The van der Waals surface area contributed by atoms with E-state index in [1.165, 1.54) is 13.2 Å². The molecule has 94 valence electrons. The third-order valence-corrected chi connectivity index (χ3v) is 3.25. The lowest BCUT2D eigenvalue weighted by atomic mass is 10.0. The second-order valence-electron chi connectivity index (χ2n) is 3.51. The van der Waals surface area contributed by atoms with Gasteiger partial charge in [0.15, 0.2) is 11.6 Å². The number of rotatable bonds is 2. The van der Waals surface area contributed by atoms with E-state index in [0.29, 0.717) is 11.1 Å². The fraction of sp³-hybridized carbons (Fsp3) is 0.0833. The molecule has 3 nitrogen and oxygen atoms in total. The molecule has 6 heteroatoms. The average molecular weight is 269 g/mol. The summed E-state index contributed by atoms with van der Waals surface area (Å²) in [5, 5.41) is 1.88. The number of anilines is 1. The van der Waals surface area contributed by atoms with Crippen LogP contribution in [0.2, 0.25) is 0 Å². The van der Waals surface area contributed by atoms with Crippen LogP contribution in [0.1, 0.15) is 10.4 Å². The molecule has 0 atom stereocenters. The molecular weight excluding hydrogens is 260 g/mol. The summed E-state index contributed by atoms with van der Waals surface area (Å²) in [6.45, 7) is 0. The van der Waals surface area contributed by atoms with Gasteiger partial charge in [0.05, 0.1) is 7.11 Å². The number of esters is 1. The topological polar surface area (TPSA) is 52.3 Å². The quantitative estimate of drug-likeness (QED) is 0.852. The first-order chi connectivity index (χ1) is 8.54. The Morgan fingerprint density at radius 3 is 2.67 bits per heavy atom. The molecule has 2 N–H and O–H groups in total. The molecule has 2 rings (SSSR count). The number of carbonyl (C=O) groups is 1. The molecule has 1 heterocycles. The van der Waals surface area contributed by atoms with Gasteiger partial charge in [-0.2, -0.15) is 0 Å². The summed E-state index contributed by atoms with van der Waals surface area (Å²) in [6.07, 6.45) is 0. The van der Waals surface area contributed by atoms with Crippen LogP contribution in [-0.2, 0) is 4.74 Å². The molecule has 0 saturated heterocycles. The van der Waals surface area contributed by atoms with E-state index in [9.17, 15) is 13.6 Å². The molecule has 1 aromatic heterocycles. The van der Waals surface area contributed by atoms with Crippen molar-refractivity contribution in [3.05, 3.63) is 40.8 Å². The van der Waals surface area contributed by atoms with Gasteiger partial charge in [0.1, 0.15) is 10.6 Å². The lowest BCUT2D eigenvalue weighted by Gasteiger charge is -2.04. The van der Waals surface area contributed by atoms with E-state index in [0.717, 1.165) is 23.5 Å². The largest absolute Gasteiger partial charge is 0.465 e. The first-order valence-corrected chi connectivity index (χ1v) is 5.83. The first kappa shape index (κ1) is 12.5. The molecule has 0 amide bonds. The Bertz CT molecular complexity index is 610. The van der Waals surface area contributed by atoms with Crippen LogP contribution in [0.5, 0.6) is 0 Å². The van der Waals surface area contributed by atoms with Crippen molar-refractivity contribution in [3.8, 4) is 11.1 Å². The predicted molar refractivity (Wildman–Crippen MR) is 65.4 cm³/mol. The maximum absolute atomic E-state index is 13.2. The van der Waals surface area contributed by atoms with Gasteiger partial charge < -0.3 is 10.5 Å². The standard InChI is InChI=1S/C12H9F2NO2S/c1-17-12(16)10-7(5-18-11(10)15)6-2-3-8(13)9(14)4-6/h2-5H,15H2,1H3.